The van der Waals surface area contributed by atoms with Crippen LogP contribution in [0.3, 0.4) is 0 Å². The molecule has 0 radical (unpaired) electrons. The van der Waals surface area contributed by atoms with Gasteiger partial charge in [-0.3, -0.25) is 4.79 Å². The van der Waals surface area contributed by atoms with E-state index >= 15 is 0 Å². The number of aliphatic carboxylic acids is 1. The number of amides is 1. The summed E-state index contributed by atoms with van der Waals surface area (Å²) in [6.07, 6.45) is 0. The Hall–Kier alpha value is -1.10. The average Bonchev–Trinajstić information content (AvgIpc) is 1.96. The van der Waals surface area contributed by atoms with Crippen LogP contribution in [0.2, 0.25) is 0 Å². The monoisotopic (exact) mass is 175 g/mol. The molecule has 2 N–H and O–H groups in total. The summed E-state index contributed by atoms with van der Waals surface area (Å²) in [5.41, 5.74) is 0. The SMILES string of the molecule is CCOC[C@H](NC(C)=O)C(=O)O. The van der Waals surface area contributed by atoms with Crippen molar-refractivity contribution in [2.45, 2.75) is 19.9 Å². The minimum atomic E-state index is -1.08. The lowest BCUT2D eigenvalue weighted by Gasteiger charge is -2.12. The molecule has 0 aliphatic heterocycles. The molecule has 70 valence electrons. The van der Waals surface area contributed by atoms with Crippen molar-refractivity contribution in [3.63, 3.8) is 0 Å². The maximum absolute atomic E-state index is 10.5. The minimum absolute atomic E-state index is 0.00537. The van der Waals surface area contributed by atoms with E-state index in [0.717, 1.165) is 0 Å². The second-order valence-electron chi connectivity index (χ2n) is 2.25. The van der Waals surface area contributed by atoms with E-state index in [1.165, 1.54) is 6.92 Å². The van der Waals surface area contributed by atoms with E-state index in [1.807, 2.05) is 0 Å². The van der Waals surface area contributed by atoms with Crippen molar-refractivity contribution in [2.75, 3.05) is 13.2 Å². The number of hydrogen-bond donors (Lipinski definition) is 2. The van der Waals surface area contributed by atoms with E-state index in [4.69, 9.17) is 9.84 Å². The van der Waals surface area contributed by atoms with Crippen molar-refractivity contribution >= 4 is 11.9 Å². The standard InChI is InChI=1S/C7H13NO4/c1-3-12-4-6(7(10)11)8-5(2)9/h6H,3-4H2,1-2H3,(H,8,9)(H,10,11)/t6-/m0/s1. The van der Waals surface area contributed by atoms with Crippen molar-refractivity contribution in [2.24, 2.45) is 0 Å². The number of carbonyl (C=O) groups excluding carboxylic acids is 1. The van der Waals surface area contributed by atoms with E-state index in [2.05, 4.69) is 5.32 Å². The summed E-state index contributed by atoms with van der Waals surface area (Å²) >= 11 is 0. The number of ether oxygens (including phenoxy) is 1. The zero-order valence-corrected chi connectivity index (χ0v) is 7.16. The van der Waals surface area contributed by atoms with Gasteiger partial charge in [-0.05, 0) is 6.92 Å². The molecule has 5 nitrogen and oxygen atoms in total. The van der Waals surface area contributed by atoms with Gasteiger partial charge < -0.3 is 15.2 Å². The van der Waals surface area contributed by atoms with Crippen molar-refractivity contribution < 1.29 is 19.4 Å². The van der Waals surface area contributed by atoms with Crippen LogP contribution in [-0.2, 0) is 14.3 Å². The Balaban J connectivity index is 3.87. The topological polar surface area (TPSA) is 75.6 Å². The summed E-state index contributed by atoms with van der Waals surface area (Å²) in [6.45, 7) is 3.46. The molecule has 0 aromatic rings. The minimum Gasteiger partial charge on any atom is -0.480 e. The molecule has 1 amide bonds. The Bertz CT molecular complexity index is 169. The lowest BCUT2D eigenvalue weighted by Crippen LogP contribution is -2.42. The number of carbonyl (C=O) groups is 2. The average molecular weight is 175 g/mol. The number of carboxylic acids is 1. The molecule has 0 aliphatic carbocycles. The highest BCUT2D eigenvalue weighted by atomic mass is 16.5. The highest BCUT2D eigenvalue weighted by Crippen LogP contribution is 1.86. The maximum Gasteiger partial charge on any atom is 0.328 e. The number of rotatable bonds is 5. The lowest BCUT2D eigenvalue weighted by molar-refractivity contribution is -0.143. The van der Waals surface area contributed by atoms with Gasteiger partial charge in [0.25, 0.3) is 0 Å². The second-order valence-corrected chi connectivity index (χ2v) is 2.25. The smallest absolute Gasteiger partial charge is 0.328 e. The Morgan fingerprint density at radius 3 is 2.50 bits per heavy atom. The molecule has 0 saturated carbocycles. The first-order valence-corrected chi connectivity index (χ1v) is 3.65. The molecule has 0 aliphatic rings. The second kappa shape index (κ2) is 5.54. The van der Waals surface area contributed by atoms with Gasteiger partial charge in [-0.1, -0.05) is 0 Å². The van der Waals surface area contributed by atoms with Crippen molar-refractivity contribution in [1.29, 1.82) is 0 Å². The molecule has 0 unspecified atom stereocenters. The summed E-state index contributed by atoms with van der Waals surface area (Å²) in [5, 5.41) is 10.8. The third-order valence-electron chi connectivity index (χ3n) is 1.16. The fourth-order valence-electron chi connectivity index (χ4n) is 0.656. The van der Waals surface area contributed by atoms with Crippen molar-refractivity contribution in [1.82, 2.24) is 5.32 Å². The van der Waals surface area contributed by atoms with Gasteiger partial charge in [0.1, 0.15) is 0 Å². The summed E-state index contributed by atoms with van der Waals surface area (Å²) < 4.78 is 4.86. The quantitative estimate of drug-likeness (QED) is 0.596. The Morgan fingerprint density at radius 1 is 1.58 bits per heavy atom. The van der Waals surface area contributed by atoms with Gasteiger partial charge in [-0.15, -0.1) is 0 Å². The molecular weight excluding hydrogens is 162 g/mol. The summed E-state index contributed by atoms with van der Waals surface area (Å²) in [4.78, 5) is 20.9. The summed E-state index contributed by atoms with van der Waals surface area (Å²) in [5.74, 6) is -1.46. The normalized spacial score (nSPS) is 12.2. The number of carboxylic acid groups (broad SMARTS) is 1. The van der Waals surface area contributed by atoms with Gasteiger partial charge in [0, 0.05) is 13.5 Å². The molecule has 0 rings (SSSR count). The molecule has 0 fully saturated rings. The zero-order valence-electron chi connectivity index (χ0n) is 7.16. The lowest BCUT2D eigenvalue weighted by atomic mass is 10.3. The van der Waals surface area contributed by atoms with Gasteiger partial charge in [0.2, 0.25) is 5.91 Å². The summed E-state index contributed by atoms with van der Waals surface area (Å²) in [7, 11) is 0. The van der Waals surface area contributed by atoms with Crippen molar-refractivity contribution in [3.8, 4) is 0 Å². The van der Waals surface area contributed by atoms with E-state index in [9.17, 15) is 9.59 Å². The van der Waals surface area contributed by atoms with Gasteiger partial charge in [0.05, 0.1) is 6.61 Å². The van der Waals surface area contributed by atoms with Crippen LogP contribution < -0.4 is 5.32 Å². The molecule has 0 aromatic heterocycles. The first-order chi connectivity index (χ1) is 5.57. The zero-order chi connectivity index (χ0) is 9.56. The Morgan fingerprint density at radius 2 is 2.17 bits per heavy atom. The van der Waals surface area contributed by atoms with Gasteiger partial charge in [-0.2, -0.15) is 0 Å². The third-order valence-corrected chi connectivity index (χ3v) is 1.16. The predicted octanol–water partition coefficient (Wildman–Crippen LogP) is -0.388. The van der Waals surface area contributed by atoms with Crippen LogP contribution >= 0.6 is 0 Å². The molecule has 0 bridgehead atoms. The van der Waals surface area contributed by atoms with Crippen LogP contribution in [0.25, 0.3) is 0 Å². The van der Waals surface area contributed by atoms with Gasteiger partial charge in [-0.25, -0.2) is 4.79 Å². The van der Waals surface area contributed by atoms with Crippen LogP contribution in [0.15, 0.2) is 0 Å². The highest BCUT2D eigenvalue weighted by Gasteiger charge is 2.17. The number of nitrogens with one attached hydrogen (secondary N) is 1. The maximum atomic E-state index is 10.5. The van der Waals surface area contributed by atoms with Crippen molar-refractivity contribution in [3.05, 3.63) is 0 Å². The Labute approximate surface area is 70.7 Å². The Kier molecular flexibility index (Phi) is 5.03. The molecule has 0 saturated heterocycles. The molecule has 12 heavy (non-hydrogen) atoms. The largest absolute Gasteiger partial charge is 0.480 e. The third kappa shape index (κ3) is 4.68. The predicted molar refractivity (Wildman–Crippen MR) is 41.7 cm³/mol. The van der Waals surface area contributed by atoms with Crippen LogP contribution in [0.4, 0.5) is 0 Å². The van der Waals surface area contributed by atoms with Crippen LogP contribution in [0, 0.1) is 0 Å². The molecule has 1 atom stereocenters. The van der Waals surface area contributed by atoms with Gasteiger partial charge >= 0.3 is 5.97 Å². The van der Waals surface area contributed by atoms with Gasteiger partial charge in [0.15, 0.2) is 6.04 Å². The number of hydrogen-bond acceptors (Lipinski definition) is 3. The fourth-order valence-corrected chi connectivity index (χ4v) is 0.656. The van der Waals surface area contributed by atoms with Crippen LogP contribution in [0.5, 0.6) is 0 Å². The molecular formula is C7H13NO4. The molecule has 0 aromatic carbocycles. The van der Waals surface area contributed by atoms with E-state index in [0.29, 0.717) is 6.61 Å². The molecule has 0 spiro atoms. The molecule has 0 heterocycles. The molecule has 5 heteroatoms. The summed E-state index contributed by atoms with van der Waals surface area (Å²) in [6, 6.07) is -0.942. The highest BCUT2D eigenvalue weighted by molar-refractivity contribution is 5.82. The van der Waals surface area contributed by atoms with Crippen LogP contribution in [0.1, 0.15) is 13.8 Å². The van der Waals surface area contributed by atoms with Crippen LogP contribution in [-0.4, -0.2) is 36.2 Å². The first-order valence-electron chi connectivity index (χ1n) is 3.65. The van der Waals surface area contributed by atoms with E-state index < -0.39 is 12.0 Å². The fraction of sp³-hybridized carbons (Fsp3) is 0.714. The first kappa shape index (κ1) is 10.9. The van der Waals surface area contributed by atoms with E-state index in [-0.39, 0.29) is 12.5 Å². The van der Waals surface area contributed by atoms with E-state index in [1.54, 1.807) is 6.92 Å².